The van der Waals surface area contributed by atoms with Crippen molar-refractivity contribution in [1.82, 2.24) is 20.1 Å². The maximum Gasteiger partial charge on any atom is 0.253 e. The molecule has 6 heteroatoms. The molecule has 166 valence electrons. The Morgan fingerprint density at radius 2 is 1.65 bits per heavy atom. The first kappa shape index (κ1) is 20.3. The lowest BCUT2D eigenvalue weighted by atomic mass is 9.90. The molecule has 0 spiro atoms. The zero-order valence-corrected chi connectivity index (χ0v) is 18.8. The summed E-state index contributed by atoms with van der Waals surface area (Å²) < 4.78 is 1.99. The minimum Gasteiger partial charge on any atom is -0.324 e. The van der Waals surface area contributed by atoms with E-state index in [4.69, 9.17) is 4.99 Å². The molecule has 1 N–H and O–H groups in total. The van der Waals surface area contributed by atoms with Crippen molar-refractivity contribution in [3.05, 3.63) is 119 Å². The highest BCUT2D eigenvalue weighted by Gasteiger charge is 2.30. The van der Waals surface area contributed by atoms with Crippen molar-refractivity contribution in [2.24, 2.45) is 4.99 Å². The van der Waals surface area contributed by atoms with E-state index >= 15 is 0 Å². The highest BCUT2D eigenvalue weighted by Crippen LogP contribution is 2.31. The fourth-order valence-electron chi connectivity index (χ4n) is 4.80. The standard InChI is InChI=1S/C28H23N5O/c1-18-31-32-27-26(30-28(34)22-16-9-13-19-10-5-6-14-21(19)22)29-25(20-11-3-2-4-12-20)23-15-7-8-17-24(23)33(18)27/h2-8,10-12,14-17,26H,9,13H2,1H3,(H,30,34). The van der Waals surface area contributed by atoms with Gasteiger partial charge < -0.3 is 5.32 Å². The van der Waals surface area contributed by atoms with Crippen LogP contribution < -0.4 is 5.32 Å². The Balaban J connectivity index is 1.48. The Morgan fingerprint density at radius 3 is 2.50 bits per heavy atom. The van der Waals surface area contributed by atoms with Crippen molar-refractivity contribution in [2.75, 3.05) is 0 Å². The Morgan fingerprint density at radius 1 is 0.912 bits per heavy atom. The number of fused-ring (bicyclic) bond motifs is 4. The van der Waals surface area contributed by atoms with Gasteiger partial charge in [0.05, 0.1) is 11.4 Å². The van der Waals surface area contributed by atoms with Crippen LogP contribution in [-0.2, 0) is 11.2 Å². The molecule has 1 aromatic heterocycles. The van der Waals surface area contributed by atoms with E-state index in [2.05, 4.69) is 27.6 Å². The summed E-state index contributed by atoms with van der Waals surface area (Å²) in [6.07, 6.45) is 3.10. The van der Waals surface area contributed by atoms with Gasteiger partial charge in [-0.05, 0) is 37.0 Å². The van der Waals surface area contributed by atoms with Crippen LogP contribution in [0.2, 0.25) is 0 Å². The van der Waals surface area contributed by atoms with Crippen LogP contribution in [0.15, 0.2) is 89.9 Å². The topological polar surface area (TPSA) is 72.2 Å². The van der Waals surface area contributed by atoms with Crippen LogP contribution in [0.5, 0.6) is 0 Å². The molecule has 2 aliphatic rings. The number of allylic oxidation sites excluding steroid dienone is 1. The molecule has 4 aromatic rings. The summed E-state index contributed by atoms with van der Waals surface area (Å²) in [5.41, 5.74) is 6.56. The Bertz CT molecular complexity index is 1470. The van der Waals surface area contributed by atoms with Gasteiger partial charge in [0.25, 0.3) is 5.91 Å². The number of nitrogens with one attached hydrogen (secondary N) is 1. The molecule has 0 radical (unpaired) electrons. The van der Waals surface area contributed by atoms with Gasteiger partial charge in [-0.15, -0.1) is 10.2 Å². The summed E-state index contributed by atoms with van der Waals surface area (Å²) in [5.74, 6) is 1.17. The third kappa shape index (κ3) is 3.35. The highest BCUT2D eigenvalue weighted by molar-refractivity contribution is 6.20. The summed E-state index contributed by atoms with van der Waals surface area (Å²) in [4.78, 5) is 18.6. The number of aromatic nitrogens is 3. The zero-order valence-electron chi connectivity index (χ0n) is 18.8. The molecule has 1 unspecified atom stereocenters. The molecule has 0 saturated carbocycles. The second-order valence-electron chi connectivity index (χ2n) is 8.49. The average molecular weight is 446 g/mol. The lowest BCUT2D eigenvalue weighted by molar-refractivity contribution is -0.116. The van der Waals surface area contributed by atoms with Gasteiger partial charge in [-0.25, -0.2) is 0 Å². The van der Waals surface area contributed by atoms with Crippen molar-refractivity contribution in [2.45, 2.75) is 25.9 Å². The second-order valence-corrected chi connectivity index (χ2v) is 8.49. The van der Waals surface area contributed by atoms with Crippen molar-refractivity contribution in [3.63, 3.8) is 0 Å². The van der Waals surface area contributed by atoms with Crippen molar-refractivity contribution < 1.29 is 4.79 Å². The number of aliphatic imine (C=N–C) groups is 1. The molecule has 6 rings (SSSR count). The van der Waals surface area contributed by atoms with Crippen LogP contribution in [0.1, 0.15) is 46.5 Å². The summed E-state index contributed by atoms with van der Waals surface area (Å²) in [6.45, 7) is 1.92. The van der Waals surface area contributed by atoms with E-state index in [-0.39, 0.29) is 5.91 Å². The molecule has 0 saturated heterocycles. The van der Waals surface area contributed by atoms with Crippen LogP contribution in [-0.4, -0.2) is 26.4 Å². The van der Waals surface area contributed by atoms with E-state index in [1.165, 1.54) is 5.56 Å². The Labute approximate surface area is 197 Å². The van der Waals surface area contributed by atoms with Crippen LogP contribution in [0, 0.1) is 6.92 Å². The van der Waals surface area contributed by atoms with Crippen LogP contribution in [0.3, 0.4) is 0 Å². The first-order valence-electron chi connectivity index (χ1n) is 11.4. The summed E-state index contributed by atoms with van der Waals surface area (Å²) in [6, 6.07) is 26.2. The molecule has 1 aliphatic carbocycles. The number of hydrogen-bond acceptors (Lipinski definition) is 4. The normalized spacial score (nSPS) is 16.3. The third-order valence-corrected chi connectivity index (χ3v) is 6.38. The number of amides is 1. The molecule has 6 nitrogen and oxygen atoms in total. The van der Waals surface area contributed by atoms with E-state index in [0.717, 1.165) is 46.8 Å². The van der Waals surface area contributed by atoms with Gasteiger partial charge >= 0.3 is 0 Å². The molecule has 1 atom stereocenters. The van der Waals surface area contributed by atoms with E-state index in [0.29, 0.717) is 11.4 Å². The SMILES string of the molecule is Cc1nnc2n1-c1ccccc1C(c1ccccc1)=NC2NC(=O)C1=CCCc2ccccc21. The van der Waals surface area contributed by atoms with Crippen molar-refractivity contribution in [3.8, 4) is 5.69 Å². The number of para-hydroxylation sites is 1. The van der Waals surface area contributed by atoms with Crippen LogP contribution in [0.25, 0.3) is 11.3 Å². The average Bonchev–Trinajstić information content (AvgIpc) is 3.21. The Kier molecular flexibility index (Phi) is 4.91. The quantitative estimate of drug-likeness (QED) is 0.502. The van der Waals surface area contributed by atoms with Crippen LogP contribution in [0.4, 0.5) is 0 Å². The number of aryl methyl sites for hydroxylation is 2. The minimum atomic E-state index is -0.689. The molecule has 34 heavy (non-hydrogen) atoms. The molecule has 0 bridgehead atoms. The molecule has 2 heterocycles. The molecule has 3 aromatic carbocycles. The highest BCUT2D eigenvalue weighted by atomic mass is 16.1. The number of carbonyl (C=O) groups excluding carboxylic acids is 1. The molecule has 1 aliphatic heterocycles. The van der Waals surface area contributed by atoms with E-state index in [9.17, 15) is 4.79 Å². The van der Waals surface area contributed by atoms with Gasteiger partial charge in [0.15, 0.2) is 12.0 Å². The second kappa shape index (κ2) is 8.23. The number of hydrogen-bond donors (Lipinski definition) is 1. The fraction of sp³-hybridized carbons (Fsp3) is 0.143. The summed E-state index contributed by atoms with van der Waals surface area (Å²) in [7, 11) is 0. The van der Waals surface area contributed by atoms with Gasteiger partial charge in [0.2, 0.25) is 0 Å². The fourth-order valence-corrected chi connectivity index (χ4v) is 4.80. The van der Waals surface area contributed by atoms with Crippen molar-refractivity contribution >= 4 is 17.2 Å². The van der Waals surface area contributed by atoms with Crippen LogP contribution >= 0.6 is 0 Å². The number of nitrogens with zero attached hydrogens (tertiary/aromatic N) is 4. The molecular weight excluding hydrogens is 422 g/mol. The van der Waals surface area contributed by atoms with Gasteiger partial charge in [-0.1, -0.05) is 78.9 Å². The predicted octanol–water partition coefficient (Wildman–Crippen LogP) is 4.57. The lowest BCUT2D eigenvalue weighted by Crippen LogP contribution is -2.31. The smallest absolute Gasteiger partial charge is 0.253 e. The first-order chi connectivity index (χ1) is 16.7. The first-order valence-corrected chi connectivity index (χ1v) is 11.4. The third-order valence-electron chi connectivity index (χ3n) is 6.38. The number of rotatable bonds is 3. The Hall–Kier alpha value is -4.32. The van der Waals surface area contributed by atoms with E-state index < -0.39 is 6.17 Å². The van der Waals surface area contributed by atoms with E-state index in [1.54, 1.807) is 0 Å². The number of benzene rings is 3. The number of carbonyl (C=O) groups is 1. The molecule has 0 fully saturated rings. The molecule has 1 amide bonds. The van der Waals surface area contributed by atoms with Crippen molar-refractivity contribution in [1.29, 1.82) is 0 Å². The summed E-state index contributed by atoms with van der Waals surface area (Å²) in [5, 5.41) is 11.9. The maximum atomic E-state index is 13.6. The lowest BCUT2D eigenvalue weighted by Gasteiger charge is -2.20. The van der Waals surface area contributed by atoms with Gasteiger partial charge in [-0.2, -0.15) is 0 Å². The van der Waals surface area contributed by atoms with Gasteiger partial charge in [0, 0.05) is 16.7 Å². The predicted molar refractivity (Wildman–Crippen MR) is 132 cm³/mol. The molecular formula is C28H23N5O. The maximum absolute atomic E-state index is 13.6. The minimum absolute atomic E-state index is 0.161. The largest absolute Gasteiger partial charge is 0.324 e. The zero-order chi connectivity index (χ0) is 23.1. The van der Waals surface area contributed by atoms with E-state index in [1.807, 2.05) is 84.3 Å². The summed E-state index contributed by atoms with van der Waals surface area (Å²) >= 11 is 0. The van der Waals surface area contributed by atoms with Gasteiger partial charge in [0.1, 0.15) is 5.82 Å². The monoisotopic (exact) mass is 445 g/mol. The van der Waals surface area contributed by atoms with Gasteiger partial charge in [-0.3, -0.25) is 14.4 Å².